The zero-order chi connectivity index (χ0) is 23.2. The van der Waals surface area contributed by atoms with Gasteiger partial charge in [-0.3, -0.25) is 0 Å². The van der Waals surface area contributed by atoms with Crippen molar-refractivity contribution < 1.29 is 0 Å². The van der Waals surface area contributed by atoms with Crippen LogP contribution < -0.4 is 43.8 Å². The number of rotatable bonds is 16. The predicted octanol–water partition coefficient (Wildman–Crippen LogP) is 2.69. The second-order valence-electron chi connectivity index (χ2n) is 8.14. The van der Waals surface area contributed by atoms with E-state index in [1.807, 2.05) is 30.3 Å². The number of hydrogen-bond donors (Lipinski definition) is 7. The third kappa shape index (κ3) is 9.11. The molecule has 2 rings (SSSR count). The molecule has 0 saturated carbocycles. The summed E-state index contributed by atoms with van der Waals surface area (Å²) in [7, 11) is 0. The summed E-state index contributed by atoms with van der Waals surface area (Å²) in [6.07, 6.45) is 4.90. The molecule has 0 bridgehead atoms. The molecule has 8 heteroatoms. The van der Waals surface area contributed by atoms with Crippen molar-refractivity contribution in [2.24, 2.45) is 0 Å². The molecule has 0 fully saturated rings. The van der Waals surface area contributed by atoms with Gasteiger partial charge in [0.15, 0.2) is 0 Å². The number of nitrogen functional groups attached to an aromatic ring is 4. The van der Waals surface area contributed by atoms with Crippen LogP contribution in [0.1, 0.15) is 32.6 Å². The summed E-state index contributed by atoms with van der Waals surface area (Å²) in [4.78, 5) is 2.35. The van der Waals surface area contributed by atoms with E-state index in [0.717, 1.165) is 75.0 Å². The molecule has 0 aromatic heterocycles. The summed E-state index contributed by atoms with van der Waals surface area (Å²) in [5, 5.41) is 10.3. The highest BCUT2D eigenvalue weighted by atomic mass is 15.2. The standard InChI is InChI=1S/C24H42N8/c1-2-3-4-5-15-32(24-18-20(26)7-9-22(24)28)16-14-30-11-10-29-12-13-31-23-17-19(25)6-8-21(23)27/h6-9,17-18,29-31H,2-5,10-16,25-28H2,1H3. The molecule has 32 heavy (non-hydrogen) atoms. The zero-order valence-corrected chi connectivity index (χ0v) is 19.5. The van der Waals surface area contributed by atoms with Gasteiger partial charge in [-0.15, -0.1) is 0 Å². The van der Waals surface area contributed by atoms with Crippen molar-refractivity contribution >= 4 is 34.1 Å². The maximum atomic E-state index is 6.23. The van der Waals surface area contributed by atoms with E-state index in [9.17, 15) is 0 Å². The van der Waals surface area contributed by atoms with E-state index < -0.39 is 0 Å². The van der Waals surface area contributed by atoms with Crippen molar-refractivity contribution in [1.29, 1.82) is 0 Å². The molecule has 11 N–H and O–H groups in total. The van der Waals surface area contributed by atoms with Gasteiger partial charge in [0, 0.05) is 57.2 Å². The van der Waals surface area contributed by atoms with Gasteiger partial charge >= 0.3 is 0 Å². The number of anilines is 6. The van der Waals surface area contributed by atoms with Crippen molar-refractivity contribution in [3.63, 3.8) is 0 Å². The molecular weight excluding hydrogens is 400 g/mol. The van der Waals surface area contributed by atoms with Crippen LogP contribution in [0, 0.1) is 0 Å². The molecule has 178 valence electrons. The molecule has 0 radical (unpaired) electrons. The molecule has 0 unspecified atom stereocenters. The Morgan fingerprint density at radius 1 is 0.688 bits per heavy atom. The Labute approximate surface area is 193 Å². The zero-order valence-electron chi connectivity index (χ0n) is 19.5. The van der Waals surface area contributed by atoms with Gasteiger partial charge in [-0.1, -0.05) is 26.2 Å². The van der Waals surface area contributed by atoms with Gasteiger partial charge in [-0.05, 0) is 42.8 Å². The fraction of sp³-hybridized carbons (Fsp3) is 0.500. The molecule has 0 amide bonds. The van der Waals surface area contributed by atoms with Gasteiger partial charge in [-0.2, -0.15) is 0 Å². The summed E-state index contributed by atoms with van der Waals surface area (Å²) < 4.78 is 0. The highest BCUT2D eigenvalue weighted by molar-refractivity contribution is 5.72. The number of nitrogens with two attached hydrogens (primary N) is 4. The Kier molecular flexibility index (Phi) is 11.3. The van der Waals surface area contributed by atoms with E-state index in [1.165, 1.54) is 19.3 Å². The van der Waals surface area contributed by atoms with Gasteiger partial charge in [-0.25, -0.2) is 0 Å². The van der Waals surface area contributed by atoms with Crippen LogP contribution in [0.3, 0.4) is 0 Å². The smallest absolute Gasteiger partial charge is 0.0621 e. The third-order valence-corrected chi connectivity index (χ3v) is 5.41. The maximum absolute atomic E-state index is 6.23. The van der Waals surface area contributed by atoms with Crippen molar-refractivity contribution in [3.05, 3.63) is 36.4 Å². The molecular formula is C24H42N8. The van der Waals surface area contributed by atoms with Crippen LogP contribution in [-0.2, 0) is 0 Å². The minimum Gasteiger partial charge on any atom is -0.399 e. The fourth-order valence-corrected chi connectivity index (χ4v) is 3.57. The largest absolute Gasteiger partial charge is 0.399 e. The minimum absolute atomic E-state index is 0.707. The first-order chi connectivity index (χ1) is 15.5. The SMILES string of the molecule is CCCCCCN(CCNCCNCCNc1cc(N)ccc1N)c1cc(N)ccc1N. The first-order valence-corrected chi connectivity index (χ1v) is 11.7. The number of nitrogens with zero attached hydrogens (tertiary/aromatic N) is 1. The Balaban J connectivity index is 1.65. The molecule has 0 aliphatic heterocycles. The fourth-order valence-electron chi connectivity index (χ4n) is 3.57. The highest BCUT2D eigenvalue weighted by Gasteiger charge is 2.10. The lowest BCUT2D eigenvalue weighted by Crippen LogP contribution is -2.36. The Morgan fingerprint density at radius 2 is 1.34 bits per heavy atom. The molecule has 0 saturated heterocycles. The number of hydrogen-bond acceptors (Lipinski definition) is 8. The molecule has 2 aromatic carbocycles. The van der Waals surface area contributed by atoms with Crippen LogP contribution in [0.15, 0.2) is 36.4 Å². The Hall–Kier alpha value is -2.84. The average molecular weight is 443 g/mol. The van der Waals surface area contributed by atoms with Gasteiger partial charge in [0.25, 0.3) is 0 Å². The lowest BCUT2D eigenvalue weighted by atomic mass is 10.1. The summed E-state index contributed by atoms with van der Waals surface area (Å²) in [5.41, 5.74) is 28.8. The molecule has 0 atom stereocenters. The van der Waals surface area contributed by atoms with Crippen molar-refractivity contribution in [2.45, 2.75) is 32.6 Å². The topological polar surface area (TPSA) is 143 Å². The minimum atomic E-state index is 0.707. The van der Waals surface area contributed by atoms with Gasteiger partial charge in [0.1, 0.15) is 0 Å². The van der Waals surface area contributed by atoms with Crippen LogP contribution >= 0.6 is 0 Å². The van der Waals surface area contributed by atoms with Crippen LogP contribution in [-0.4, -0.2) is 45.8 Å². The molecule has 0 aliphatic carbocycles. The molecule has 0 aliphatic rings. The first kappa shape index (κ1) is 25.4. The first-order valence-electron chi connectivity index (χ1n) is 11.7. The molecule has 8 nitrogen and oxygen atoms in total. The average Bonchev–Trinajstić information content (AvgIpc) is 2.78. The number of unbranched alkanes of at least 4 members (excludes halogenated alkanes) is 3. The summed E-state index contributed by atoms with van der Waals surface area (Å²) in [6.45, 7) is 8.44. The highest BCUT2D eigenvalue weighted by Crippen LogP contribution is 2.26. The van der Waals surface area contributed by atoms with Crippen molar-refractivity contribution in [1.82, 2.24) is 10.6 Å². The van der Waals surface area contributed by atoms with Gasteiger partial charge < -0.3 is 43.8 Å². The van der Waals surface area contributed by atoms with E-state index in [1.54, 1.807) is 6.07 Å². The van der Waals surface area contributed by atoms with E-state index in [4.69, 9.17) is 22.9 Å². The van der Waals surface area contributed by atoms with Crippen LogP contribution in [0.25, 0.3) is 0 Å². The van der Waals surface area contributed by atoms with E-state index in [2.05, 4.69) is 27.8 Å². The van der Waals surface area contributed by atoms with E-state index >= 15 is 0 Å². The van der Waals surface area contributed by atoms with E-state index in [-0.39, 0.29) is 0 Å². The summed E-state index contributed by atoms with van der Waals surface area (Å²) in [6, 6.07) is 11.2. The Morgan fingerprint density at radius 3 is 2.09 bits per heavy atom. The third-order valence-electron chi connectivity index (χ3n) is 5.41. The van der Waals surface area contributed by atoms with Crippen LogP contribution in [0.2, 0.25) is 0 Å². The number of benzene rings is 2. The summed E-state index contributed by atoms with van der Waals surface area (Å²) >= 11 is 0. The molecule has 0 heterocycles. The predicted molar refractivity (Wildman–Crippen MR) is 141 cm³/mol. The van der Waals surface area contributed by atoms with Gasteiger partial charge in [0.05, 0.1) is 22.7 Å². The molecule has 0 spiro atoms. The second kappa shape index (κ2) is 14.3. The Bertz CT molecular complexity index is 796. The van der Waals surface area contributed by atoms with Crippen LogP contribution in [0.4, 0.5) is 34.1 Å². The molecule has 2 aromatic rings. The van der Waals surface area contributed by atoms with Crippen molar-refractivity contribution in [2.75, 3.05) is 79.0 Å². The lowest BCUT2D eigenvalue weighted by molar-refractivity contribution is 0.596. The monoisotopic (exact) mass is 442 g/mol. The second-order valence-corrected chi connectivity index (χ2v) is 8.14. The lowest BCUT2D eigenvalue weighted by Gasteiger charge is -2.27. The van der Waals surface area contributed by atoms with Crippen molar-refractivity contribution in [3.8, 4) is 0 Å². The maximum Gasteiger partial charge on any atom is 0.0621 e. The van der Waals surface area contributed by atoms with E-state index in [0.29, 0.717) is 11.4 Å². The van der Waals surface area contributed by atoms with Gasteiger partial charge in [0.2, 0.25) is 0 Å². The quantitative estimate of drug-likeness (QED) is 0.155. The van der Waals surface area contributed by atoms with Crippen LogP contribution in [0.5, 0.6) is 0 Å². The summed E-state index contributed by atoms with van der Waals surface area (Å²) in [5.74, 6) is 0. The normalized spacial score (nSPS) is 10.9. The number of nitrogens with one attached hydrogen (secondary N) is 3.